The number of benzene rings is 1. The highest BCUT2D eigenvalue weighted by atomic mass is 127. The number of hydrogen-bond donors (Lipinski definition) is 1. The molecule has 0 aromatic heterocycles. The van der Waals surface area contributed by atoms with E-state index < -0.39 is 0 Å². The molecule has 1 atom stereocenters. The van der Waals surface area contributed by atoms with Crippen molar-refractivity contribution in [2.24, 2.45) is 5.41 Å². The molecule has 0 spiro atoms. The number of likely N-dealkylation sites (tertiary alicyclic amines) is 1. The van der Waals surface area contributed by atoms with Crippen molar-refractivity contribution in [3.8, 4) is 0 Å². The van der Waals surface area contributed by atoms with Crippen LogP contribution >= 0.6 is 34.2 Å². The van der Waals surface area contributed by atoms with Crippen LogP contribution in [0.15, 0.2) is 18.2 Å². The Morgan fingerprint density at radius 2 is 2.33 bits per heavy atom. The number of aliphatic hydroxyl groups is 1. The molecule has 1 heterocycles. The molecule has 5 heteroatoms. The van der Waals surface area contributed by atoms with E-state index in [0.717, 1.165) is 9.99 Å². The van der Waals surface area contributed by atoms with E-state index in [1.54, 1.807) is 18.2 Å². The normalized spacial score (nSPS) is 23.4. The van der Waals surface area contributed by atoms with Crippen LogP contribution in [-0.2, 0) is 0 Å². The Morgan fingerprint density at radius 3 is 2.89 bits per heavy atom. The minimum absolute atomic E-state index is 0.0215. The van der Waals surface area contributed by atoms with E-state index in [1.165, 1.54) is 0 Å². The Kier molecular flexibility index (Phi) is 4.18. The van der Waals surface area contributed by atoms with Crippen LogP contribution in [0.5, 0.6) is 0 Å². The van der Waals surface area contributed by atoms with Crippen LogP contribution in [0.2, 0.25) is 5.02 Å². The molecule has 1 unspecified atom stereocenters. The second kappa shape index (κ2) is 5.35. The molecular formula is C13H15ClINO2. The van der Waals surface area contributed by atoms with Gasteiger partial charge in [0.15, 0.2) is 0 Å². The maximum Gasteiger partial charge on any atom is 0.254 e. The minimum Gasteiger partial charge on any atom is -0.396 e. The topological polar surface area (TPSA) is 40.5 Å². The Hall–Kier alpha value is -0.330. The quantitative estimate of drug-likeness (QED) is 0.803. The fraction of sp³-hybridized carbons (Fsp3) is 0.462. The van der Waals surface area contributed by atoms with Gasteiger partial charge in [0, 0.05) is 27.1 Å². The second-order valence-electron chi connectivity index (χ2n) is 5.07. The molecule has 0 radical (unpaired) electrons. The summed E-state index contributed by atoms with van der Waals surface area (Å²) in [5.74, 6) is 0.0215. The number of amides is 1. The zero-order chi connectivity index (χ0) is 13.3. The summed E-state index contributed by atoms with van der Waals surface area (Å²) in [6, 6.07) is 5.29. The SMILES string of the molecule is CC1(CO)CCN(C(=O)c2ccc(Cl)cc2I)C1. The Labute approximate surface area is 125 Å². The number of hydrogen-bond acceptors (Lipinski definition) is 2. The van der Waals surface area contributed by atoms with Crippen molar-refractivity contribution in [3.63, 3.8) is 0 Å². The Balaban J connectivity index is 2.18. The molecule has 18 heavy (non-hydrogen) atoms. The first kappa shape index (κ1) is 14.1. The lowest BCUT2D eigenvalue weighted by molar-refractivity contribution is 0.0752. The summed E-state index contributed by atoms with van der Waals surface area (Å²) >= 11 is 8.01. The molecule has 1 aromatic rings. The van der Waals surface area contributed by atoms with E-state index in [2.05, 4.69) is 22.6 Å². The monoisotopic (exact) mass is 379 g/mol. The van der Waals surface area contributed by atoms with Crippen LogP contribution < -0.4 is 0 Å². The average Bonchev–Trinajstić information content (AvgIpc) is 2.72. The van der Waals surface area contributed by atoms with Crippen LogP contribution in [0.1, 0.15) is 23.7 Å². The molecule has 1 saturated heterocycles. The Morgan fingerprint density at radius 1 is 1.61 bits per heavy atom. The largest absolute Gasteiger partial charge is 0.396 e. The van der Waals surface area contributed by atoms with Gasteiger partial charge in [0.2, 0.25) is 0 Å². The highest BCUT2D eigenvalue weighted by Crippen LogP contribution is 2.31. The lowest BCUT2D eigenvalue weighted by Gasteiger charge is -2.22. The molecule has 1 amide bonds. The van der Waals surface area contributed by atoms with Crippen molar-refractivity contribution in [3.05, 3.63) is 32.4 Å². The van der Waals surface area contributed by atoms with Gasteiger partial charge in [-0.05, 0) is 47.2 Å². The molecule has 1 aliphatic rings. The smallest absolute Gasteiger partial charge is 0.254 e. The van der Waals surface area contributed by atoms with Crippen molar-refractivity contribution in [1.29, 1.82) is 0 Å². The zero-order valence-electron chi connectivity index (χ0n) is 10.1. The lowest BCUT2D eigenvalue weighted by Crippen LogP contribution is -2.32. The van der Waals surface area contributed by atoms with Gasteiger partial charge in [0.1, 0.15) is 0 Å². The van der Waals surface area contributed by atoms with Crippen molar-refractivity contribution in [2.75, 3.05) is 19.7 Å². The third kappa shape index (κ3) is 2.81. The van der Waals surface area contributed by atoms with E-state index in [4.69, 9.17) is 11.6 Å². The predicted molar refractivity (Wildman–Crippen MR) is 79.9 cm³/mol. The first-order valence-electron chi connectivity index (χ1n) is 5.80. The van der Waals surface area contributed by atoms with Crippen LogP contribution in [0.3, 0.4) is 0 Å². The van der Waals surface area contributed by atoms with E-state index in [-0.39, 0.29) is 17.9 Å². The molecule has 1 fully saturated rings. The summed E-state index contributed by atoms with van der Waals surface area (Å²) in [6.45, 7) is 3.44. The highest BCUT2D eigenvalue weighted by Gasteiger charge is 2.36. The summed E-state index contributed by atoms with van der Waals surface area (Å²) in [6.07, 6.45) is 0.847. The summed E-state index contributed by atoms with van der Waals surface area (Å²) in [4.78, 5) is 14.2. The van der Waals surface area contributed by atoms with E-state index >= 15 is 0 Å². The number of nitrogens with zero attached hydrogens (tertiary/aromatic N) is 1. The van der Waals surface area contributed by atoms with Gasteiger partial charge in [-0.3, -0.25) is 4.79 Å². The predicted octanol–water partition coefficient (Wildman–Crippen LogP) is 2.79. The van der Waals surface area contributed by atoms with Crippen molar-refractivity contribution < 1.29 is 9.90 Å². The van der Waals surface area contributed by atoms with E-state index in [0.29, 0.717) is 23.7 Å². The molecule has 2 rings (SSSR count). The number of carbonyl (C=O) groups excluding carboxylic acids is 1. The first-order valence-corrected chi connectivity index (χ1v) is 7.26. The fourth-order valence-electron chi connectivity index (χ4n) is 2.16. The fourth-order valence-corrected chi connectivity index (χ4v) is 3.26. The van der Waals surface area contributed by atoms with Gasteiger partial charge in [-0.15, -0.1) is 0 Å². The second-order valence-corrected chi connectivity index (χ2v) is 6.67. The van der Waals surface area contributed by atoms with E-state index in [9.17, 15) is 9.90 Å². The maximum atomic E-state index is 12.4. The zero-order valence-corrected chi connectivity index (χ0v) is 13.0. The van der Waals surface area contributed by atoms with Gasteiger partial charge in [-0.25, -0.2) is 0 Å². The molecule has 1 aliphatic heterocycles. The molecule has 98 valence electrons. The summed E-state index contributed by atoms with van der Waals surface area (Å²) < 4.78 is 0.864. The number of rotatable bonds is 2. The average molecular weight is 380 g/mol. The van der Waals surface area contributed by atoms with Crippen molar-refractivity contribution >= 4 is 40.1 Å². The molecular weight excluding hydrogens is 365 g/mol. The van der Waals surface area contributed by atoms with Crippen LogP contribution in [0.4, 0.5) is 0 Å². The third-order valence-corrected chi connectivity index (χ3v) is 4.52. The maximum absolute atomic E-state index is 12.4. The summed E-state index contributed by atoms with van der Waals surface area (Å²) in [5.41, 5.74) is 0.523. The molecule has 0 bridgehead atoms. The van der Waals surface area contributed by atoms with Crippen LogP contribution in [-0.4, -0.2) is 35.6 Å². The molecule has 0 saturated carbocycles. The first-order chi connectivity index (χ1) is 8.45. The third-order valence-electron chi connectivity index (χ3n) is 3.39. The van der Waals surface area contributed by atoms with Gasteiger partial charge in [-0.1, -0.05) is 18.5 Å². The number of aliphatic hydroxyl groups excluding tert-OH is 1. The highest BCUT2D eigenvalue weighted by molar-refractivity contribution is 14.1. The van der Waals surface area contributed by atoms with Gasteiger partial charge < -0.3 is 10.0 Å². The molecule has 3 nitrogen and oxygen atoms in total. The standard InChI is InChI=1S/C13H15ClINO2/c1-13(8-17)4-5-16(7-13)12(18)10-3-2-9(14)6-11(10)15/h2-3,6,17H,4-5,7-8H2,1H3. The number of carbonyl (C=O) groups is 1. The van der Waals surface area contributed by atoms with Gasteiger partial charge in [0.05, 0.1) is 12.2 Å². The van der Waals surface area contributed by atoms with Crippen molar-refractivity contribution in [2.45, 2.75) is 13.3 Å². The van der Waals surface area contributed by atoms with Crippen molar-refractivity contribution in [1.82, 2.24) is 4.90 Å². The summed E-state index contributed by atoms with van der Waals surface area (Å²) in [7, 11) is 0. The van der Waals surface area contributed by atoms with Gasteiger partial charge in [0.25, 0.3) is 5.91 Å². The Bertz CT molecular complexity index is 480. The van der Waals surface area contributed by atoms with E-state index in [1.807, 2.05) is 11.8 Å². The van der Waals surface area contributed by atoms with Gasteiger partial charge >= 0.3 is 0 Å². The van der Waals surface area contributed by atoms with Crippen LogP contribution in [0.25, 0.3) is 0 Å². The molecule has 1 N–H and O–H groups in total. The van der Waals surface area contributed by atoms with Gasteiger partial charge in [-0.2, -0.15) is 0 Å². The minimum atomic E-state index is -0.159. The lowest BCUT2D eigenvalue weighted by atomic mass is 9.91. The van der Waals surface area contributed by atoms with Crippen LogP contribution in [0, 0.1) is 8.99 Å². The molecule has 1 aromatic carbocycles. The number of halogens is 2. The molecule has 0 aliphatic carbocycles. The summed E-state index contributed by atoms with van der Waals surface area (Å²) in [5, 5.41) is 9.97.